The lowest BCUT2D eigenvalue weighted by Gasteiger charge is -2.41. The molecule has 9 heteroatoms. The lowest BCUT2D eigenvalue weighted by molar-refractivity contribution is -0.121. The first-order valence-electron chi connectivity index (χ1n) is 12.9. The van der Waals surface area contributed by atoms with Crippen LogP contribution in [0.2, 0.25) is 0 Å². The molecule has 3 rings (SSSR count). The van der Waals surface area contributed by atoms with Crippen molar-refractivity contribution in [2.45, 2.75) is 98.2 Å². The zero-order chi connectivity index (χ0) is 24.9. The maximum Gasteiger partial charge on any atom is 0.330 e. The number of carbonyl (C=O) groups is 1. The van der Waals surface area contributed by atoms with E-state index in [1.54, 1.807) is 4.57 Å². The van der Waals surface area contributed by atoms with E-state index in [-0.39, 0.29) is 23.8 Å². The van der Waals surface area contributed by atoms with Gasteiger partial charge in [-0.1, -0.05) is 33.6 Å². The summed E-state index contributed by atoms with van der Waals surface area (Å²) in [5, 5.41) is 3.10. The maximum absolute atomic E-state index is 12.7. The van der Waals surface area contributed by atoms with Crippen LogP contribution in [0.1, 0.15) is 79.0 Å². The SMILES string of the molecule is CCCCn1c(=O)[nH]c(=O)c2c1nc(CCC(=O)NCC(C)(C)N1CCCCC1)n2CC(C)C. The third-order valence-corrected chi connectivity index (χ3v) is 6.75. The summed E-state index contributed by atoms with van der Waals surface area (Å²) in [7, 11) is 0. The zero-order valence-corrected chi connectivity index (χ0v) is 21.6. The van der Waals surface area contributed by atoms with Gasteiger partial charge < -0.3 is 9.88 Å². The van der Waals surface area contributed by atoms with Gasteiger partial charge in [0.25, 0.3) is 5.56 Å². The van der Waals surface area contributed by atoms with E-state index in [2.05, 4.69) is 49.8 Å². The van der Waals surface area contributed by atoms with Crippen molar-refractivity contribution in [3.8, 4) is 0 Å². The summed E-state index contributed by atoms with van der Waals surface area (Å²) in [5.74, 6) is 0.937. The molecule has 0 spiro atoms. The fourth-order valence-electron chi connectivity index (χ4n) is 4.73. The number of piperidine rings is 1. The van der Waals surface area contributed by atoms with Gasteiger partial charge in [-0.15, -0.1) is 0 Å². The molecule has 0 saturated carbocycles. The maximum atomic E-state index is 12.7. The Balaban J connectivity index is 1.77. The van der Waals surface area contributed by atoms with Gasteiger partial charge >= 0.3 is 5.69 Å². The van der Waals surface area contributed by atoms with Crippen LogP contribution in [-0.2, 0) is 24.3 Å². The number of amides is 1. The molecular formula is C25H42N6O3. The number of imidazole rings is 1. The fraction of sp³-hybridized carbons (Fsp3) is 0.760. The highest BCUT2D eigenvalue weighted by Gasteiger charge is 2.28. The molecule has 0 aliphatic carbocycles. The summed E-state index contributed by atoms with van der Waals surface area (Å²) < 4.78 is 3.45. The Morgan fingerprint density at radius 3 is 2.50 bits per heavy atom. The summed E-state index contributed by atoms with van der Waals surface area (Å²) >= 11 is 0. The van der Waals surface area contributed by atoms with Crippen LogP contribution in [0.3, 0.4) is 0 Å². The van der Waals surface area contributed by atoms with Crippen LogP contribution in [0, 0.1) is 5.92 Å². The van der Waals surface area contributed by atoms with Crippen LogP contribution >= 0.6 is 0 Å². The predicted octanol–water partition coefficient (Wildman–Crippen LogP) is 2.66. The third-order valence-electron chi connectivity index (χ3n) is 6.75. The van der Waals surface area contributed by atoms with Gasteiger partial charge in [0, 0.05) is 38.0 Å². The van der Waals surface area contributed by atoms with Crippen molar-refractivity contribution >= 4 is 17.1 Å². The van der Waals surface area contributed by atoms with E-state index < -0.39 is 11.2 Å². The third kappa shape index (κ3) is 6.17. The van der Waals surface area contributed by atoms with Crippen LogP contribution in [0.5, 0.6) is 0 Å². The first-order chi connectivity index (χ1) is 16.1. The lowest BCUT2D eigenvalue weighted by atomic mass is 9.98. The molecule has 34 heavy (non-hydrogen) atoms. The van der Waals surface area contributed by atoms with Crippen molar-refractivity contribution in [3.05, 3.63) is 26.7 Å². The van der Waals surface area contributed by atoms with Crippen molar-refractivity contribution in [2.75, 3.05) is 19.6 Å². The van der Waals surface area contributed by atoms with Crippen molar-refractivity contribution in [1.29, 1.82) is 0 Å². The Labute approximate surface area is 201 Å². The van der Waals surface area contributed by atoms with Crippen molar-refractivity contribution in [1.82, 2.24) is 29.3 Å². The van der Waals surface area contributed by atoms with Crippen LogP contribution in [0.4, 0.5) is 0 Å². The second kappa shape index (κ2) is 11.3. The number of aromatic nitrogens is 4. The second-order valence-electron chi connectivity index (χ2n) is 10.6. The number of fused-ring (bicyclic) bond motifs is 1. The van der Waals surface area contributed by atoms with Gasteiger partial charge in [-0.25, -0.2) is 9.78 Å². The Morgan fingerprint density at radius 1 is 1.15 bits per heavy atom. The normalized spacial score (nSPS) is 15.4. The summed E-state index contributed by atoms with van der Waals surface area (Å²) in [6.07, 6.45) is 6.17. The molecule has 2 aromatic rings. The number of nitrogens with zero attached hydrogens (tertiary/aromatic N) is 4. The molecule has 1 aliphatic rings. The number of nitrogens with one attached hydrogen (secondary N) is 2. The van der Waals surface area contributed by atoms with Crippen LogP contribution in [0.25, 0.3) is 11.2 Å². The van der Waals surface area contributed by atoms with Crippen LogP contribution < -0.4 is 16.6 Å². The van der Waals surface area contributed by atoms with Crippen molar-refractivity contribution in [3.63, 3.8) is 0 Å². The molecule has 190 valence electrons. The van der Waals surface area contributed by atoms with Crippen LogP contribution in [-0.4, -0.2) is 55.1 Å². The lowest BCUT2D eigenvalue weighted by Crippen LogP contribution is -2.53. The number of hydrogen-bond donors (Lipinski definition) is 2. The highest BCUT2D eigenvalue weighted by molar-refractivity contribution is 5.76. The molecule has 3 heterocycles. The fourth-order valence-corrected chi connectivity index (χ4v) is 4.73. The standard InChI is InChI=1S/C25H42N6O3/c1-6-7-15-30-22-21(23(33)28-24(30)34)31(16-18(2)3)19(27-22)11-12-20(32)26-17-25(4,5)29-13-9-8-10-14-29/h18H,6-17H2,1-5H3,(H,26,32)(H,28,33,34). The summed E-state index contributed by atoms with van der Waals surface area (Å²) in [5.41, 5.74) is -0.0800. The van der Waals surface area contributed by atoms with E-state index in [1.165, 1.54) is 19.3 Å². The van der Waals surface area contributed by atoms with E-state index in [1.807, 2.05) is 4.57 Å². The molecule has 2 N–H and O–H groups in total. The zero-order valence-electron chi connectivity index (χ0n) is 21.6. The largest absolute Gasteiger partial charge is 0.354 e. The molecule has 9 nitrogen and oxygen atoms in total. The number of rotatable bonds is 11. The summed E-state index contributed by atoms with van der Waals surface area (Å²) in [6.45, 7) is 14.4. The minimum absolute atomic E-state index is 0.0227. The number of H-pyrrole nitrogens is 1. The number of unbranched alkanes of at least 4 members (excludes halogenated alkanes) is 1. The molecule has 0 atom stereocenters. The highest BCUT2D eigenvalue weighted by atomic mass is 16.2. The first-order valence-corrected chi connectivity index (χ1v) is 12.9. The number of hydrogen-bond acceptors (Lipinski definition) is 5. The minimum atomic E-state index is -0.426. The molecule has 1 amide bonds. The molecule has 0 bridgehead atoms. The molecule has 1 fully saturated rings. The number of aryl methyl sites for hydroxylation is 2. The quantitative estimate of drug-likeness (QED) is 0.521. The number of carbonyl (C=O) groups excluding carboxylic acids is 1. The number of likely N-dealkylation sites (tertiary alicyclic amines) is 1. The molecule has 1 aliphatic heterocycles. The highest BCUT2D eigenvalue weighted by Crippen LogP contribution is 2.20. The number of aromatic amines is 1. The first kappa shape index (κ1) is 26.2. The predicted molar refractivity (Wildman–Crippen MR) is 135 cm³/mol. The Bertz CT molecular complexity index is 1090. The van der Waals surface area contributed by atoms with E-state index >= 15 is 0 Å². The Morgan fingerprint density at radius 2 is 1.85 bits per heavy atom. The molecule has 0 aromatic carbocycles. The van der Waals surface area contributed by atoms with Crippen molar-refractivity contribution < 1.29 is 4.79 Å². The summed E-state index contributed by atoms with van der Waals surface area (Å²) in [4.78, 5) is 47.6. The topological polar surface area (TPSA) is 105 Å². The van der Waals surface area contributed by atoms with Crippen LogP contribution in [0.15, 0.2) is 9.59 Å². The van der Waals surface area contributed by atoms with E-state index in [9.17, 15) is 14.4 Å². The molecule has 2 aromatic heterocycles. The Hall–Kier alpha value is -2.42. The van der Waals surface area contributed by atoms with E-state index in [0.29, 0.717) is 43.0 Å². The summed E-state index contributed by atoms with van der Waals surface area (Å²) in [6, 6.07) is 0. The van der Waals surface area contributed by atoms with Gasteiger partial charge in [-0.05, 0) is 52.1 Å². The monoisotopic (exact) mass is 474 g/mol. The Kier molecular flexibility index (Phi) is 8.73. The van der Waals surface area contributed by atoms with E-state index in [0.717, 1.165) is 25.9 Å². The van der Waals surface area contributed by atoms with Gasteiger partial charge in [0.05, 0.1) is 0 Å². The van der Waals surface area contributed by atoms with Gasteiger partial charge in [0.1, 0.15) is 5.82 Å². The van der Waals surface area contributed by atoms with Gasteiger partial charge in [-0.3, -0.25) is 24.0 Å². The molecular weight excluding hydrogens is 432 g/mol. The van der Waals surface area contributed by atoms with Gasteiger partial charge in [-0.2, -0.15) is 0 Å². The van der Waals surface area contributed by atoms with Crippen molar-refractivity contribution in [2.24, 2.45) is 5.92 Å². The second-order valence-corrected chi connectivity index (χ2v) is 10.6. The smallest absolute Gasteiger partial charge is 0.330 e. The van der Waals surface area contributed by atoms with Gasteiger partial charge in [0.2, 0.25) is 5.91 Å². The average Bonchev–Trinajstić information content (AvgIpc) is 3.14. The minimum Gasteiger partial charge on any atom is -0.354 e. The average molecular weight is 475 g/mol. The van der Waals surface area contributed by atoms with E-state index in [4.69, 9.17) is 4.98 Å². The molecule has 0 radical (unpaired) electrons. The molecule has 1 saturated heterocycles. The van der Waals surface area contributed by atoms with Gasteiger partial charge in [0.15, 0.2) is 11.2 Å². The molecule has 0 unspecified atom stereocenters.